The quantitative estimate of drug-likeness (QED) is 0.491. The van der Waals surface area contributed by atoms with Crippen LogP contribution in [0.2, 0.25) is 0 Å². The van der Waals surface area contributed by atoms with Crippen LogP contribution < -0.4 is 5.73 Å². The molecule has 0 atom stereocenters. The van der Waals surface area contributed by atoms with E-state index in [0.717, 1.165) is 31.8 Å². The Hall–Kier alpha value is -0.670. The van der Waals surface area contributed by atoms with Gasteiger partial charge >= 0.3 is 0 Å². The van der Waals surface area contributed by atoms with Crippen LogP contribution >= 0.6 is 0 Å². The summed E-state index contributed by atoms with van der Waals surface area (Å²) < 4.78 is 0. The van der Waals surface area contributed by atoms with Crippen LogP contribution in [0.15, 0.2) is 17.1 Å². The van der Waals surface area contributed by atoms with Gasteiger partial charge in [-0.1, -0.05) is 12.2 Å². The fraction of sp³-hybridized carbons (Fsp3) is 0.700. The first kappa shape index (κ1) is 12.3. The van der Waals surface area contributed by atoms with Gasteiger partial charge in [-0.3, -0.25) is 9.89 Å². The molecule has 76 valence electrons. The molecule has 3 heteroatoms. The van der Waals surface area contributed by atoms with Crippen molar-refractivity contribution in [2.75, 3.05) is 33.7 Å². The van der Waals surface area contributed by atoms with Crippen LogP contribution in [0.1, 0.15) is 13.3 Å². The highest BCUT2D eigenvalue weighted by molar-refractivity contribution is 5.83. The molecule has 0 aliphatic rings. The van der Waals surface area contributed by atoms with Gasteiger partial charge in [0.1, 0.15) is 0 Å². The normalized spacial score (nSPS) is 13.2. The number of hydrogen-bond donors (Lipinski definition) is 1. The van der Waals surface area contributed by atoms with E-state index in [0.29, 0.717) is 0 Å². The van der Waals surface area contributed by atoms with Gasteiger partial charge in [0.05, 0.1) is 0 Å². The Kier molecular flexibility index (Phi) is 7.54. The lowest BCUT2D eigenvalue weighted by Crippen LogP contribution is -2.24. The zero-order valence-corrected chi connectivity index (χ0v) is 8.95. The van der Waals surface area contributed by atoms with Crippen LogP contribution in [0, 0.1) is 0 Å². The summed E-state index contributed by atoms with van der Waals surface area (Å²) in [6, 6.07) is 0. The third kappa shape index (κ3) is 7.68. The first-order chi connectivity index (χ1) is 6.20. The van der Waals surface area contributed by atoms with Gasteiger partial charge in [-0.25, -0.2) is 0 Å². The van der Waals surface area contributed by atoms with Gasteiger partial charge in [-0.15, -0.1) is 0 Å². The van der Waals surface area contributed by atoms with E-state index >= 15 is 0 Å². The fourth-order valence-corrected chi connectivity index (χ4v) is 0.994. The van der Waals surface area contributed by atoms with Crippen molar-refractivity contribution in [1.29, 1.82) is 0 Å². The molecule has 2 N–H and O–H groups in total. The number of nitrogens with zero attached hydrogens (tertiary/aromatic N) is 2. The number of hydrogen-bond acceptors (Lipinski definition) is 3. The second-order valence-corrected chi connectivity index (χ2v) is 3.20. The summed E-state index contributed by atoms with van der Waals surface area (Å²) in [4.78, 5) is 6.32. The lowest BCUT2D eigenvalue weighted by Gasteiger charge is -2.13. The average Bonchev–Trinajstić information content (AvgIpc) is 2.12. The standard InChI is InChI=1S/C10H21N3/c1-10(12-2)9-13(3)8-6-4-5-7-11/h4,6H,5,7-9,11H2,1-3H3/b6-4-,12-10+. The van der Waals surface area contributed by atoms with Crippen molar-refractivity contribution in [2.24, 2.45) is 10.7 Å². The Bertz CT molecular complexity index is 173. The van der Waals surface area contributed by atoms with E-state index in [1.54, 1.807) is 0 Å². The number of nitrogens with two attached hydrogens (primary N) is 1. The molecule has 3 nitrogen and oxygen atoms in total. The summed E-state index contributed by atoms with van der Waals surface area (Å²) >= 11 is 0. The smallest absolute Gasteiger partial charge is 0.0360 e. The molecule has 0 aromatic heterocycles. The van der Waals surface area contributed by atoms with E-state index in [4.69, 9.17) is 5.73 Å². The van der Waals surface area contributed by atoms with Gasteiger partial charge in [0, 0.05) is 25.8 Å². The minimum absolute atomic E-state index is 0.732. The van der Waals surface area contributed by atoms with Crippen molar-refractivity contribution in [3.63, 3.8) is 0 Å². The first-order valence-corrected chi connectivity index (χ1v) is 4.66. The zero-order chi connectivity index (χ0) is 10.1. The highest BCUT2D eigenvalue weighted by Crippen LogP contribution is 1.87. The summed E-state index contributed by atoms with van der Waals surface area (Å²) in [6.45, 7) is 4.67. The fourth-order valence-electron chi connectivity index (χ4n) is 0.994. The second kappa shape index (κ2) is 7.95. The third-order valence-corrected chi connectivity index (χ3v) is 1.80. The molecule has 0 fully saturated rings. The van der Waals surface area contributed by atoms with Crippen LogP contribution in [0.25, 0.3) is 0 Å². The highest BCUT2D eigenvalue weighted by Gasteiger charge is 1.95. The molecular weight excluding hydrogens is 162 g/mol. The van der Waals surface area contributed by atoms with Crippen molar-refractivity contribution in [3.05, 3.63) is 12.2 Å². The molecule has 0 spiro atoms. The van der Waals surface area contributed by atoms with Crippen molar-refractivity contribution >= 4 is 5.71 Å². The molecule has 0 aromatic carbocycles. The molecule has 13 heavy (non-hydrogen) atoms. The number of likely N-dealkylation sites (N-methyl/N-ethyl adjacent to an activating group) is 1. The number of rotatable bonds is 6. The van der Waals surface area contributed by atoms with Gasteiger partial charge in [0.2, 0.25) is 0 Å². The molecule has 0 bridgehead atoms. The molecule has 0 unspecified atom stereocenters. The molecule has 0 rings (SSSR count). The predicted molar refractivity (Wildman–Crippen MR) is 59.3 cm³/mol. The van der Waals surface area contributed by atoms with E-state index in [1.165, 1.54) is 0 Å². The molecule has 0 saturated heterocycles. The summed E-state index contributed by atoms with van der Waals surface area (Å²) in [6.07, 6.45) is 5.24. The van der Waals surface area contributed by atoms with Gasteiger partial charge in [-0.05, 0) is 26.9 Å². The summed E-state index contributed by atoms with van der Waals surface area (Å²) in [5.41, 5.74) is 6.53. The van der Waals surface area contributed by atoms with Gasteiger partial charge in [-0.2, -0.15) is 0 Å². The van der Waals surface area contributed by atoms with Crippen molar-refractivity contribution in [1.82, 2.24) is 4.90 Å². The molecule has 0 aromatic rings. The summed E-state index contributed by atoms with van der Waals surface area (Å²) in [5, 5.41) is 0. The van der Waals surface area contributed by atoms with Crippen LogP contribution in [-0.2, 0) is 0 Å². The third-order valence-electron chi connectivity index (χ3n) is 1.80. The summed E-state index contributed by atoms with van der Waals surface area (Å²) in [5.74, 6) is 0. The Morgan fingerprint density at radius 3 is 2.69 bits per heavy atom. The Morgan fingerprint density at radius 1 is 1.46 bits per heavy atom. The molecule has 0 amide bonds. The topological polar surface area (TPSA) is 41.6 Å². The minimum Gasteiger partial charge on any atom is -0.330 e. The largest absolute Gasteiger partial charge is 0.330 e. The maximum Gasteiger partial charge on any atom is 0.0360 e. The lowest BCUT2D eigenvalue weighted by atomic mass is 10.3. The Morgan fingerprint density at radius 2 is 2.15 bits per heavy atom. The maximum atomic E-state index is 5.36. The molecule has 0 aliphatic heterocycles. The zero-order valence-electron chi connectivity index (χ0n) is 8.95. The van der Waals surface area contributed by atoms with Crippen LogP contribution in [0.5, 0.6) is 0 Å². The minimum atomic E-state index is 0.732. The Labute approximate surface area is 81.3 Å². The van der Waals surface area contributed by atoms with Crippen molar-refractivity contribution in [3.8, 4) is 0 Å². The monoisotopic (exact) mass is 183 g/mol. The molecule has 0 saturated carbocycles. The van der Waals surface area contributed by atoms with Crippen LogP contribution in [0.4, 0.5) is 0 Å². The van der Waals surface area contributed by atoms with Crippen molar-refractivity contribution < 1.29 is 0 Å². The average molecular weight is 183 g/mol. The maximum absolute atomic E-state index is 5.36. The molecule has 0 aliphatic carbocycles. The second-order valence-electron chi connectivity index (χ2n) is 3.20. The predicted octanol–water partition coefficient (Wildman–Crippen LogP) is 0.914. The Balaban J connectivity index is 3.56. The van der Waals surface area contributed by atoms with Gasteiger partial charge < -0.3 is 5.73 Å². The highest BCUT2D eigenvalue weighted by atomic mass is 15.1. The van der Waals surface area contributed by atoms with Crippen LogP contribution in [0.3, 0.4) is 0 Å². The number of aliphatic imine (C=N–C) groups is 1. The summed E-state index contributed by atoms with van der Waals surface area (Å²) in [7, 11) is 3.91. The van der Waals surface area contributed by atoms with Gasteiger partial charge in [0.15, 0.2) is 0 Å². The van der Waals surface area contributed by atoms with E-state index in [1.807, 2.05) is 14.0 Å². The first-order valence-electron chi connectivity index (χ1n) is 4.66. The van der Waals surface area contributed by atoms with Gasteiger partial charge in [0.25, 0.3) is 0 Å². The molecule has 0 radical (unpaired) electrons. The van der Waals surface area contributed by atoms with E-state index < -0.39 is 0 Å². The molecular formula is C10H21N3. The van der Waals surface area contributed by atoms with E-state index in [-0.39, 0.29) is 0 Å². The SMILES string of the molecule is C/N=C(\C)CN(C)C/C=C\CCN. The molecule has 0 heterocycles. The van der Waals surface area contributed by atoms with E-state index in [9.17, 15) is 0 Å². The van der Waals surface area contributed by atoms with Crippen molar-refractivity contribution in [2.45, 2.75) is 13.3 Å². The van der Waals surface area contributed by atoms with Crippen LogP contribution in [-0.4, -0.2) is 44.3 Å². The lowest BCUT2D eigenvalue weighted by molar-refractivity contribution is 0.423. The van der Waals surface area contributed by atoms with E-state index in [2.05, 4.69) is 29.1 Å².